The number of aromatic amines is 1. The van der Waals surface area contributed by atoms with Gasteiger partial charge in [0.05, 0.1) is 16.9 Å². The minimum Gasteiger partial charge on any atom is -0.425 e. The monoisotopic (exact) mass is 1710 g/mol. The quantitative estimate of drug-likeness (QED) is 0.126. The molecule has 11 aromatic rings. The predicted molar refractivity (Wildman–Crippen MR) is 497 cm³/mol. The molecule has 1 fully saturated rings. The van der Waals surface area contributed by atoms with Crippen LogP contribution >= 0.6 is 45.7 Å². The standard InChI is InChI=1S/C9H12.C7H11NO.C7H11NS.C6H11N3.3C6H10N2O.3C6H10N2S.C5H9N3.C5H5N.C4H8.C4H10.3C2H6/c1-8(2)9-6-4-3-5-7-9;1-5(2)7-6(3)4-9-8-7;1-5(2)7-6(3)9-4-8-7;1-4(2)6-7-5(3)8-9-6;1-4(2)6-8-7-5(3)9-6;1-4(2)6-7-5(3)9-8-6;1-4(2)6-7-5(3)8-9-6;1-4(2)6-8-7-5(3)9-6;1-4(2)6-7-5(3)9-8-6;1-4(2)6-7-5(3)8-9-6;1-4(2)5-6-3-7-8-5;1-2-4-6-5-3-1;1-4-2-3-4;1-4(2)3;3*1-2/h3-8H,1-2H3;2*4-5H,1-3H3;4H,1-3H3,(H,7,8,9);6*4H,1-3H3;4H,3H2,1-2H3;1-5H;4H,2-3H2,1H3;4H,1-3H3;3*1-2H3. The Balaban J connectivity index is -0.000000592. The van der Waals surface area contributed by atoms with Crippen molar-refractivity contribution in [2.45, 2.75) is 356 Å². The summed E-state index contributed by atoms with van der Waals surface area (Å²) in [4.78, 5) is 34.0. The van der Waals surface area contributed by atoms with Gasteiger partial charge in [-0.3, -0.25) is 10.1 Å². The highest BCUT2D eigenvalue weighted by molar-refractivity contribution is 7.11. The number of rotatable bonds is 11. The third kappa shape index (κ3) is 60.2. The van der Waals surface area contributed by atoms with Gasteiger partial charge in [-0.1, -0.05) is 286 Å². The van der Waals surface area contributed by atoms with Gasteiger partial charge in [0.25, 0.3) is 0 Å². The molecule has 1 aromatic carbocycles. The van der Waals surface area contributed by atoms with Gasteiger partial charge in [0.1, 0.15) is 49.6 Å². The van der Waals surface area contributed by atoms with E-state index in [9.17, 15) is 0 Å². The first kappa shape index (κ1) is 116. The maximum atomic E-state index is 5.12. The molecule has 13 rings (SSSR count). The van der Waals surface area contributed by atoms with Crippen LogP contribution in [0.5, 0.6) is 0 Å². The van der Waals surface area contributed by atoms with Crippen LogP contribution in [0.15, 0.2) is 106 Å². The smallest absolute Gasteiger partial charge is 0.229 e. The van der Waals surface area contributed by atoms with Crippen molar-refractivity contribution in [3.8, 4) is 0 Å². The summed E-state index contributed by atoms with van der Waals surface area (Å²) in [5, 5.41) is 45.3. The molecule has 11 heterocycles. The second-order valence-electron chi connectivity index (χ2n) is 30.4. The summed E-state index contributed by atoms with van der Waals surface area (Å²) in [6.45, 7) is 84.7. The molecule has 0 spiro atoms. The maximum Gasteiger partial charge on any atom is 0.229 e. The highest BCUT2D eigenvalue weighted by atomic mass is 32.1. The van der Waals surface area contributed by atoms with E-state index in [-0.39, 0.29) is 0 Å². The number of benzene rings is 1. The van der Waals surface area contributed by atoms with E-state index in [4.69, 9.17) is 18.0 Å². The van der Waals surface area contributed by atoms with Crippen LogP contribution in [-0.4, -0.2) is 102 Å². The Kier molecular flexibility index (Phi) is 68.4. The number of azo groups is 1. The first-order valence-corrected chi connectivity index (χ1v) is 45.1. The third-order valence-electron chi connectivity index (χ3n) is 13.9. The molecule has 664 valence electrons. The molecule has 0 bridgehead atoms. The van der Waals surface area contributed by atoms with Gasteiger partial charge in [-0.05, 0) is 119 Å². The van der Waals surface area contributed by atoms with E-state index >= 15 is 0 Å². The number of H-pyrrole nitrogens is 1. The zero-order valence-corrected chi connectivity index (χ0v) is 83.5. The molecule has 10 aromatic heterocycles. The van der Waals surface area contributed by atoms with Crippen LogP contribution in [0.4, 0.5) is 0 Å². The lowest BCUT2D eigenvalue weighted by molar-refractivity contribution is 0.362. The normalized spacial score (nSPS) is 11.0. The van der Waals surface area contributed by atoms with Crippen LogP contribution in [-0.2, 0) is 0 Å². The number of amidine groups is 1. The van der Waals surface area contributed by atoms with Gasteiger partial charge in [-0.25, -0.2) is 24.9 Å². The fraction of sp³-hybridized carbons (Fsp3) is 0.640. The molecule has 1 aliphatic carbocycles. The number of hydrogen-bond donors (Lipinski definition) is 1. The van der Waals surface area contributed by atoms with Gasteiger partial charge >= 0.3 is 0 Å². The van der Waals surface area contributed by atoms with Crippen LogP contribution in [0.25, 0.3) is 0 Å². The van der Waals surface area contributed by atoms with Crippen molar-refractivity contribution in [3.63, 3.8) is 0 Å². The Morgan fingerprint density at radius 1 is 0.449 bits per heavy atom. The lowest BCUT2D eigenvalue weighted by Gasteiger charge is -2.01. The predicted octanol–water partition coefficient (Wildman–Crippen LogP) is 27.8. The first-order chi connectivity index (χ1) is 55.6. The molecule has 0 saturated heterocycles. The van der Waals surface area contributed by atoms with Gasteiger partial charge < -0.3 is 18.0 Å². The number of pyridine rings is 1. The molecule has 118 heavy (non-hydrogen) atoms. The zero-order valence-electron chi connectivity index (χ0n) is 80.3. The minimum atomic E-state index is 0.339. The van der Waals surface area contributed by atoms with Crippen molar-refractivity contribution >= 4 is 51.6 Å². The van der Waals surface area contributed by atoms with Gasteiger partial charge in [-0.15, -0.1) is 48.2 Å². The van der Waals surface area contributed by atoms with Crippen molar-refractivity contribution in [2.75, 3.05) is 6.67 Å². The third-order valence-corrected chi connectivity index (χ3v) is 17.6. The van der Waals surface area contributed by atoms with E-state index in [1.165, 1.54) is 52.0 Å². The van der Waals surface area contributed by atoms with Gasteiger partial charge in [-0.2, -0.15) is 28.9 Å². The Morgan fingerprint density at radius 3 is 1.19 bits per heavy atom. The summed E-state index contributed by atoms with van der Waals surface area (Å²) in [5.74, 6) is 15.8. The highest BCUT2D eigenvalue weighted by Crippen LogP contribution is 2.27. The zero-order chi connectivity index (χ0) is 91.2. The summed E-state index contributed by atoms with van der Waals surface area (Å²) in [6.07, 6.45) is 8.15. The van der Waals surface area contributed by atoms with Crippen LogP contribution in [0.2, 0.25) is 0 Å². The van der Waals surface area contributed by atoms with Crippen molar-refractivity contribution < 1.29 is 18.0 Å². The lowest BCUT2D eigenvalue weighted by atomic mass is 10.0. The van der Waals surface area contributed by atoms with Gasteiger partial charge in [0.2, 0.25) is 23.6 Å². The summed E-state index contributed by atoms with van der Waals surface area (Å²) in [5.41, 5.74) is 6.78. The summed E-state index contributed by atoms with van der Waals surface area (Å²) >= 11 is 6.36. The van der Waals surface area contributed by atoms with E-state index in [0.717, 1.165) is 78.1 Å². The fourth-order valence-corrected chi connectivity index (χ4v) is 10.2. The van der Waals surface area contributed by atoms with Gasteiger partial charge in [0.15, 0.2) is 24.1 Å². The average Bonchev–Trinajstić information content (AvgIpc) is 1.76. The molecule has 1 aliphatic heterocycles. The largest absolute Gasteiger partial charge is 0.425 e. The lowest BCUT2D eigenvalue weighted by Crippen LogP contribution is -1.99. The van der Waals surface area contributed by atoms with Crippen LogP contribution in [0, 0.1) is 80.1 Å². The van der Waals surface area contributed by atoms with E-state index < -0.39 is 0 Å². The first-order valence-electron chi connectivity index (χ1n) is 41.9. The van der Waals surface area contributed by atoms with Crippen LogP contribution in [0.1, 0.15) is 400 Å². The fourth-order valence-electron chi connectivity index (χ4n) is 7.48. The Labute approximate surface area is 728 Å². The topological polar surface area (TPSA) is 325 Å². The van der Waals surface area contributed by atoms with Gasteiger partial charge in [0, 0.05) is 84.0 Å². The van der Waals surface area contributed by atoms with Crippen LogP contribution < -0.4 is 0 Å². The summed E-state index contributed by atoms with van der Waals surface area (Å²) in [6, 6.07) is 16.2. The number of aryl methyl sites for hydroxylation is 9. The molecule has 25 nitrogen and oxygen atoms in total. The Bertz CT molecular complexity index is 3600. The summed E-state index contributed by atoms with van der Waals surface area (Å²) < 4.78 is 27.7. The van der Waals surface area contributed by atoms with E-state index in [2.05, 4.69) is 275 Å². The second kappa shape index (κ2) is 69.5. The molecule has 29 heteroatoms. The number of hydrogen-bond acceptors (Lipinski definition) is 28. The molecule has 0 unspecified atom stereocenters. The molecule has 0 amide bonds. The second-order valence-corrected chi connectivity index (χ2v) is 34.4. The number of aliphatic imine (C=N–C) groups is 1. The minimum absolute atomic E-state index is 0.339. The van der Waals surface area contributed by atoms with Crippen molar-refractivity contribution in [1.29, 1.82) is 0 Å². The Hall–Kier alpha value is -8.28. The van der Waals surface area contributed by atoms with E-state index in [1.54, 1.807) is 55.2 Å². The molecule has 0 radical (unpaired) electrons. The van der Waals surface area contributed by atoms with Crippen molar-refractivity contribution in [1.82, 2.24) is 89.7 Å². The molecular weight excluding hydrogens is 1560 g/mol. The number of thiazole rings is 1. The number of nitrogens with zero attached hydrogens (tertiary/aromatic N) is 20. The van der Waals surface area contributed by atoms with Crippen molar-refractivity contribution in [3.05, 3.63) is 179 Å². The van der Waals surface area contributed by atoms with Crippen molar-refractivity contribution in [2.24, 2.45) is 33.0 Å². The van der Waals surface area contributed by atoms with E-state index in [0.29, 0.717) is 101 Å². The molecule has 0 atom stereocenters. The SMILES string of the molecule is CC.CC.CC.CC(C)C.CC(C)C1=NCN=N1.CC(C)c1ccccc1.CC1CC1.Cc1conc1C(C)C.Cc1nc(C(C)C)n[nH]1.Cc1nc(C(C)C)no1.Cc1nc(C(C)C)ns1.Cc1nnc(C(C)C)o1.Cc1nnc(C(C)C)s1.Cc1noc(C(C)C)n1.Cc1nsc(C(C)C)n1.Cc1scnc1C(C)C.c1ccncc1. The highest BCUT2D eigenvalue weighted by Gasteiger charge is 2.14. The number of nitrogens with one attached hydrogen (secondary N) is 1. The summed E-state index contributed by atoms with van der Waals surface area (Å²) in [7, 11) is 0. The Morgan fingerprint density at radius 2 is 0.992 bits per heavy atom. The number of aromatic nitrogens is 18. The average molecular weight is 1710 g/mol. The molecular formula is C89H155N21O4S4. The molecule has 1 saturated carbocycles. The van der Waals surface area contributed by atoms with Crippen LogP contribution in [0.3, 0.4) is 0 Å². The molecule has 1 N–H and O–H groups in total. The molecule has 2 aliphatic rings. The maximum absolute atomic E-state index is 5.12. The van der Waals surface area contributed by atoms with E-state index in [1.807, 2.05) is 154 Å².